The van der Waals surface area contributed by atoms with Gasteiger partial charge in [-0.1, -0.05) is 13.8 Å². The second kappa shape index (κ2) is 2.77. The maximum Gasteiger partial charge on any atom is 0.243 e. The Morgan fingerprint density at radius 3 is 2.17 bits per heavy atom. The van der Waals surface area contributed by atoms with Gasteiger partial charge in [-0.25, -0.2) is 0 Å². The lowest BCUT2D eigenvalue weighted by atomic mass is 10.1. The molecular formula is C8H14N2O2. The fourth-order valence-corrected chi connectivity index (χ4v) is 0.938. The van der Waals surface area contributed by atoms with Crippen LogP contribution in [0, 0.1) is 5.92 Å². The van der Waals surface area contributed by atoms with Gasteiger partial charge >= 0.3 is 0 Å². The fraction of sp³-hybridized carbons (Fsp3) is 0.750. The zero-order valence-corrected chi connectivity index (χ0v) is 7.39. The number of hydrogen-bond donors (Lipinski definition) is 2. The van der Waals surface area contributed by atoms with Crippen LogP contribution in [0.2, 0.25) is 0 Å². The number of amides is 2. The van der Waals surface area contributed by atoms with Gasteiger partial charge in [-0.15, -0.1) is 0 Å². The Hall–Kier alpha value is -1.06. The molecule has 1 fully saturated rings. The van der Waals surface area contributed by atoms with Crippen LogP contribution in [0.25, 0.3) is 0 Å². The van der Waals surface area contributed by atoms with E-state index in [1.54, 1.807) is 13.8 Å². The van der Waals surface area contributed by atoms with Crippen molar-refractivity contribution < 1.29 is 9.59 Å². The van der Waals surface area contributed by atoms with Gasteiger partial charge in [-0.3, -0.25) is 9.59 Å². The van der Waals surface area contributed by atoms with Crippen LogP contribution in [0.1, 0.15) is 26.7 Å². The molecule has 3 N–H and O–H groups in total. The zero-order chi connectivity index (χ0) is 9.35. The van der Waals surface area contributed by atoms with Crippen molar-refractivity contribution in [1.82, 2.24) is 5.32 Å². The molecule has 4 nitrogen and oxygen atoms in total. The SMILES string of the molecule is CC(C)C(=O)NC1(C(N)=O)CC1. The first-order valence-corrected chi connectivity index (χ1v) is 4.10. The molecule has 1 rings (SSSR count). The van der Waals surface area contributed by atoms with Crippen molar-refractivity contribution >= 4 is 11.8 Å². The molecule has 0 aliphatic heterocycles. The predicted octanol–water partition coefficient (Wildman–Crippen LogP) is -0.224. The maximum atomic E-state index is 11.2. The molecule has 0 aromatic heterocycles. The summed E-state index contributed by atoms with van der Waals surface area (Å²) in [6.07, 6.45) is 1.36. The third-order valence-electron chi connectivity index (χ3n) is 2.11. The molecule has 0 spiro atoms. The van der Waals surface area contributed by atoms with E-state index in [1.165, 1.54) is 0 Å². The minimum Gasteiger partial charge on any atom is -0.368 e. The third-order valence-corrected chi connectivity index (χ3v) is 2.11. The largest absolute Gasteiger partial charge is 0.368 e. The van der Waals surface area contributed by atoms with E-state index in [0.29, 0.717) is 12.8 Å². The second-order valence-electron chi connectivity index (χ2n) is 3.59. The monoisotopic (exact) mass is 170 g/mol. The number of primary amides is 1. The van der Waals surface area contributed by atoms with E-state index in [-0.39, 0.29) is 11.8 Å². The number of carbonyl (C=O) groups excluding carboxylic acids is 2. The van der Waals surface area contributed by atoms with E-state index in [9.17, 15) is 9.59 Å². The van der Waals surface area contributed by atoms with E-state index >= 15 is 0 Å². The first kappa shape index (κ1) is 9.03. The van der Waals surface area contributed by atoms with Crippen molar-refractivity contribution in [3.8, 4) is 0 Å². The molecule has 1 saturated carbocycles. The Bertz CT molecular complexity index is 219. The molecule has 1 aliphatic carbocycles. The minimum atomic E-state index is -0.707. The molecule has 12 heavy (non-hydrogen) atoms. The van der Waals surface area contributed by atoms with Crippen LogP contribution in [0.3, 0.4) is 0 Å². The Kier molecular flexibility index (Phi) is 2.08. The van der Waals surface area contributed by atoms with Crippen LogP contribution < -0.4 is 11.1 Å². The Morgan fingerprint density at radius 2 is 1.92 bits per heavy atom. The number of nitrogens with one attached hydrogen (secondary N) is 1. The summed E-state index contributed by atoms with van der Waals surface area (Å²) < 4.78 is 0. The van der Waals surface area contributed by atoms with Crippen LogP contribution in [0.5, 0.6) is 0 Å². The molecule has 0 saturated heterocycles. The number of rotatable bonds is 3. The summed E-state index contributed by atoms with van der Waals surface area (Å²) in [6.45, 7) is 3.57. The summed E-state index contributed by atoms with van der Waals surface area (Å²) in [5.74, 6) is -0.621. The van der Waals surface area contributed by atoms with Gasteiger partial charge in [0, 0.05) is 5.92 Å². The molecule has 0 heterocycles. The molecular weight excluding hydrogens is 156 g/mol. The first-order chi connectivity index (χ1) is 5.48. The lowest BCUT2D eigenvalue weighted by Crippen LogP contribution is -2.48. The molecule has 0 radical (unpaired) electrons. The number of hydrogen-bond acceptors (Lipinski definition) is 2. The summed E-state index contributed by atoms with van der Waals surface area (Å²) >= 11 is 0. The van der Waals surface area contributed by atoms with Crippen LogP contribution >= 0.6 is 0 Å². The molecule has 1 aliphatic rings. The molecule has 0 unspecified atom stereocenters. The molecule has 0 atom stereocenters. The van der Waals surface area contributed by atoms with Crippen molar-refractivity contribution in [1.29, 1.82) is 0 Å². The normalized spacial score (nSPS) is 18.9. The quantitative estimate of drug-likeness (QED) is 0.614. The van der Waals surface area contributed by atoms with Crippen molar-refractivity contribution in [2.75, 3.05) is 0 Å². The topological polar surface area (TPSA) is 72.2 Å². The average Bonchev–Trinajstić information content (AvgIpc) is 2.68. The average molecular weight is 170 g/mol. The highest BCUT2D eigenvalue weighted by atomic mass is 16.2. The molecule has 0 aromatic rings. The maximum absolute atomic E-state index is 11.2. The smallest absolute Gasteiger partial charge is 0.243 e. The van der Waals surface area contributed by atoms with E-state index in [2.05, 4.69) is 5.32 Å². The molecule has 4 heteroatoms. The highest BCUT2D eigenvalue weighted by Crippen LogP contribution is 2.34. The van der Waals surface area contributed by atoms with Crippen LogP contribution in [-0.4, -0.2) is 17.4 Å². The third kappa shape index (κ3) is 1.57. The van der Waals surface area contributed by atoms with Gasteiger partial charge in [0.25, 0.3) is 0 Å². The van der Waals surface area contributed by atoms with Gasteiger partial charge < -0.3 is 11.1 Å². The van der Waals surface area contributed by atoms with Gasteiger partial charge in [-0.05, 0) is 12.8 Å². The van der Waals surface area contributed by atoms with E-state index in [1.807, 2.05) is 0 Å². The molecule has 0 aromatic carbocycles. The molecule has 68 valence electrons. The first-order valence-electron chi connectivity index (χ1n) is 4.10. The van der Waals surface area contributed by atoms with E-state index in [0.717, 1.165) is 0 Å². The van der Waals surface area contributed by atoms with Crippen LogP contribution in [-0.2, 0) is 9.59 Å². The highest BCUT2D eigenvalue weighted by Gasteiger charge is 2.49. The van der Waals surface area contributed by atoms with Gasteiger partial charge in [0.1, 0.15) is 5.54 Å². The summed E-state index contributed by atoms with van der Waals surface area (Å²) in [5, 5.41) is 2.65. The van der Waals surface area contributed by atoms with Crippen LogP contribution in [0.4, 0.5) is 0 Å². The highest BCUT2D eigenvalue weighted by molar-refractivity contribution is 5.93. The van der Waals surface area contributed by atoms with E-state index in [4.69, 9.17) is 5.73 Å². The van der Waals surface area contributed by atoms with Gasteiger partial charge in [0.2, 0.25) is 11.8 Å². The Balaban J connectivity index is 2.51. The summed E-state index contributed by atoms with van der Waals surface area (Å²) in [5.41, 5.74) is 4.42. The second-order valence-corrected chi connectivity index (χ2v) is 3.59. The predicted molar refractivity (Wildman–Crippen MR) is 44.1 cm³/mol. The van der Waals surface area contributed by atoms with Crippen molar-refractivity contribution in [2.45, 2.75) is 32.2 Å². The Labute approximate surface area is 71.5 Å². The zero-order valence-electron chi connectivity index (χ0n) is 7.39. The van der Waals surface area contributed by atoms with Gasteiger partial charge in [0.15, 0.2) is 0 Å². The van der Waals surface area contributed by atoms with Crippen molar-refractivity contribution in [3.63, 3.8) is 0 Å². The van der Waals surface area contributed by atoms with E-state index < -0.39 is 11.4 Å². The minimum absolute atomic E-state index is 0.0955. The van der Waals surface area contributed by atoms with Gasteiger partial charge in [-0.2, -0.15) is 0 Å². The van der Waals surface area contributed by atoms with Crippen molar-refractivity contribution in [2.24, 2.45) is 11.7 Å². The van der Waals surface area contributed by atoms with Crippen molar-refractivity contribution in [3.05, 3.63) is 0 Å². The fourth-order valence-electron chi connectivity index (χ4n) is 0.938. The lowest BCUT2D eigenvalue weighted by molar-refractivity contribution is -0.130. The summed E-state index contributed by atoms with van der Waals surface area (Å²) in [7, 11) is 0. The Morgan fingerprint density at radius 1 is 1.42 bits per heavy atom. The lowest BCUT2D eigenvalue weighted by Gasteiger charge is -2.14. The number of nitrogens with two attached hydrogens (primary N) is 1. The summed E-state index contributed by atoms with van der Waals surface area (Å²) in [4.78, 5) is 22.0. The van der Waals surface area contributed by atoms with Gasteiger partial charge in [0.05, 0.1) is 0 Å². The summed E-state index contributed by atoms with van der Waals surface area (Å²) in [6, 6.07) is 0. The standard InChI is InChI=1S/C8H14N2O2/c1-5(2)6(11)10-8(3-4-8)7(9)12/h5H,3-4H2,1-2H3,(H2,9,12)(H,10,11). The van der Waals surface area contributed by atoms with Crippen LogP contribution in [0.15, 0.2) is 0 Å². The number of carbonyl (C=O) groups is 2. The molecule has 2 amide bonds. The molecule has 0 bridgehead atoms.